The summed E-state index contributed by atoms with van der Waals surface area (Å²) in [5.41, 5.74) is 2.58. The van der Waals surface area contributed by atoms with Crippen LogP contribution in [-0.2, 0) is 11.3 Å². The number of nitrogens with zero attached hydrogens (tertiary/aromatic N) is 4. The summed E-state index contributed by atoms with van der Waals surface area (Å²) in [5, 5.41) is 8.31. The average molecular weight is 417 g/mol. The monoisotopic (exact) mass is 417 g/mol. The molecule has 156 valence electrons. The molecule has 0 radical (unpaired) electrons. The smallest absolute Gasteiger partial charge is 0.228 e. The fourth-order valence-electron chi connectivity index (χ4n) is 3.35. The summed E-state index contributed by atoms with van der Waals surface area (Å²) < 4.78 is 20.6. The highest BCUT2D eigenvalue weighted by Crippen LogP contribution is 2.31. The number of aryl methyl sites for hydroxylation is 1. The van der Waals surface area contributed by atoms with Crippen molar-refractivity contribution in [2.24, 2.45) is 5.92 Å². The number of carbonyl (C=O) groups excluding carboxylic acids is 1. The van der Waals surface area contributed by atoms with Crippen molar-refractivity contribution in [3.63, 3.8) is 0 Å². The summed E-state index contributed by atoms with van der Waals surface area (Å²) in [4.78, 5) is 20.8. The maximum atomic E-state index is 13.1. The van der Waals surface area contributed by atoms with Crippen LogP contribution in [0.15, 0.2) is 55.0 Å². The van der Waals surface area contributed by atoms with E-state index < -0.39 is 0 Å². The Labute approximate surface area is 177 Å². The summed E-state index contributed by atoms with van der Waals surface area (Å²) in [7, 11) is 0. The van der Waals surface area contributed by atoms with Crippen molar-refractivity contribution in [3.8, 4) is 11.6 Å². The second-order valence-electron chi connectivity index (χ2n) is 7.70. The molecule has 1 aliphatic rings. The molecule has 1 aliphatic carbocycles. The van der Waals surface area contributed by atoms with E-state index in [1.807, 2.05) is 25.3 Å². The van der Waals surface area contributed by atoms with Crippen LogP contribution in [-0.4, -0.2) is 25.7 Å². The van der Waals surface area contributed by atoms with Crippen molar-refractivity contribution in [3.05, 3.63) is 71.9 Å². The molecule has 3 heterocycles. The number of rotatable bonds is 6. The van der Waals surface area contributed by atoms with E-state index >= 15 is 0 Å². The van der Waals surface area contributed by atoms with E-state index in [1.165, 1.54) is 12.1 Å². The zero-order valence-electron chi connectivity index (χ0n) is 16.9. The van der Waals surface area contributed by atoms with Gasteiger partial charge in [0.2, 0.25) is 11.8 Å². The first-order chi connectivity index (χ1) is 15.0. The Balaban J connectivity index is 1.34. The molecule has 1 amide bonds. The molecule has 1 fully saturated rings. The van der Waals surface area contributed by atoms with Crippen LogP contribution in [0.1, 0.15) is 24.0 Å². The maximum Gasteiger partial charge on any atom is 0.228 e. The lowest BCUT2D eigenvalue weighted by Crippen LogP contribution is -2.14. The highest BCUT2D eigenvalue weighted by atomic mass is 19.1. The van der Waals surface area contributed by atoms with Crippen LogP contribution in [0.5, 0.6) is 11.6 Å². The van der Waals surface area contributed by atoms with E-state index in [1.54, 1.807) is 29.2 Å². The topological polar surface area (TPSA) is 81.9 Å². The molecule has 5 rings (SSSR count). The van der Waals surface area contributed by atoms with Gasteiger partial charge in [0.15, 0.2) is 0 Å². The third-order valence-corrected chi connectivity index (χ3v) is 5.13. The number of hydrogen-bond donors (Lipinski definition) is 1. The zero-order chi connectivity index (χ0) is 21.4. The van der Waals surface area contributed by atoms with E-state index in [2.05, 4.69) is 20.4 Å². The lowest BCUT2D eigenvalue weighted by atomic mass is 10.2. The van der Waals surface area contributed by atoms with Crippen molar-refractivity contribution in [2.75, 3.05) is 5.32 Å². The first kappa shape index (κ1) is 19.2. The Kier molecular flexibility index (Phi) is 4.82. The van der Waals surface area contributed by atoms with Gasteiger partial charge in [0, 0.05) is 30.1 Å². The van der Waals surface area contributed by atoms with Gasteiger partial charge >= 0.3 is 0 Å². The molecule has 1 N–H and O–H groups in total. The molecule has 4 aromatic rings. The molecule has 0 bridgehead atoms. The minimum absolute atomic E-state index is 0.0179. The normalized spacial score (nSPS) is 13.4. The molecule has 3 aromatic heterocycles. The summed E-state index contributed by atoms with van der Waals surface area (Å²) >= 11 is 0. The number of carbonyl (C=O) groups is 1. The van der Waals surface area contributed by atoms with Crippen LogP contribution in [0.4, 0.5) is 10.2 Å². The van der Waals surface area contributed by atoms with Gasteiger partial charge in [-0.15, -0.1) is 0 Å². The molecule has 1 saturated carbocycles. The molecule has 0 atom stereocenters. The average Bonchev–Trinajstić information content (AvgIpc) is 3.52. The first-order valence-electron chi connectivity index (χ1n) is 10.1. The number of amides is 1. The zero-order valence-corrected chi connectivity index (χ0v) is 16.9. The number of pyridine rings is 2. The third kappa shape index (κ3) is 4.23. The number of anilines is 1. The van der Waals surface area contributed by atoms with Crippen molar-refractivity contribution in [1.82, 2.24) is 19.7 Å². The number of halogens is 1. The third-order valence-electron chi connectivity index (χ3n) is 5.13. The SMILES string of the molecule is Cc1cc(Cn2cc3c(NC(=O)C4CC4)nccc3n2)cnc1Oc1ccc(F)cc1. The molecule has 1 aromatic carbocycles. The van der Waals surface area contributed by atoms with Crippen LogP contribution < -0.4 is 10.1 Å². The van der Waals surface area contributed by atoms with Gasteiger partial charge in [0.05, 0.1) is 17.4 Å². The Morgan fingerprint density at radius 2 is 2.03 bits per heavy atom. The molecule has 0 spiro atoms. The maximum absolute atomic E-state index is 13.1. The summed E-state index contributed by atoms with van der Waals surface area (Å²) in [6.07, 6.45) is 7.13. The van der Waals surface area contributed by atoms with E-state index in [4.69, 9.17) is 4.74 Å². The van der Waals surface area contributed by atoms with Gasteiger partial charge in [-0.1, -0.05) is 0 Å². The number of fused-ring (bicyclic) bond motifs is 1. The van der Waals surface area contributed by atoms with Gasteiger partial charge in [-0.2, -0.15) is 5.10 Å². The summed E-state index contributed by atoms with van der Waals surface area (Å²) in [6.45, 7) is 2.42. The molecule has 31 heavy (non-hydrogen) atoms. The fraction of sp³-hybridized carbons (Fsp3) is 0.217. The highest BCUT2D eigenvalue weighted by Gasteiger charge is 2.30. The number of nitrogens with one attached hydrogen (secondary N) is 1. The van der Waals surface area contributed by atoms with Gasteiger partial charge in [0.1, 0.15) is 17.4 Å². The van der Waals surface area contributed by atoms with Crippen LogP contribution in [0, 0.1) is 18.7 Å². The fourth-order valence-corrected chi connectivity index (χ4v) is 3.35. The van der Waals surface area contributed by atoms with Crippen molar-refractivity contribution in [1.29, 1.82) is 0 Å². The van der Waals surface area contributed by atoms with E-state index in [0.717, 1.165) is 34.9 Å². The van der Waals surface area contributed by atoms with Gasteiger partial charge in [-0.25, -0.2) is 14.4 Å². The van der Waals surface area contributed by atoms with Gasteiger partial charge in [-0.3, -0.25) is 9.48 Å². The minimum Gasteiger partial charge on any atom is -0.439 e. The van der Waals surface area contributed by atoms with Crippen molar-refractivity contribution >= 4 is 22.6 Å². The molecule has 8 heteroatoms. The van der Waals surface area contributed by atoms with Crippen LogP contribution in [0.2, 0.25) is 0 Å². The predicted molar refractivity (Wildman–Crippen MR) is 113 cm³/mol. The Hall–Kier alpha value is -3.81. The predicted octanol–water partition coefficient (Wildman–Crippen LogP) is 4.46. The minimum atomic E-state index is -0.315. The lowest BCUT2D eigenvalue weighted by molar-refractivity contribution is -0.117. The standard InChI is InChI=1S/C23H20FN5O2/c1-14-10-15(11-26-23(14)31-18-6-4-17(24)5-7-18)12-29-13-19-20(28-29)8-9-25-21(19)27-22(30)16-2-3-16/h4-11,13,16H,2-3,12H2,1H3,(H,25,27,30). The van der Waals surface area contributed by atoms with E-state index in [0.29, 0.717) is 24.0 Å². The highest BCUT2D eigenvalue weighted by molar-refractivity contribution is 6.00. The Bertz CT molecular complexity index is 1260. The van der Waals surface area contributed by atoms with Crippen molar-refractivity contribution < 1.29 is 13.9 Å². The summed E-state index contributed by atoms with van der Waals surface area (Å²) in [5.74, 6) is 1.34. The van der Waals surface area contributed by atoms with Crippen LogP contribution >= 0.6 is 0 Å². The second-order valence-corrected chi connectivity index (χ2v) is 7.70. The molecule has 7 nitrogen and oxygen atoms in total. The Morgan fingerprint density at radius 3 is 2.77 bits per heavy atom. The largest absolute Gasteiger partial charge is 0.439 e. The summed E-state index contributed by atoms with van der Waals surface area (Å²) in [6, 6.07) is 9.61. The first-order valence-corrected chi connectivity index (χ1v) is 10.1. The molecular formula is C23H20FN5O2. The quantitative estimate of drug-likeness (QED) is 0.501. The Morgan fingerprint density at radius 1 is 1.23 bits per heavy atom. The lowest BCUT2D eigenvalue weighted by Gasteiger charge is -2.09. The molecule has 0 saturated heterocycles. The van der Waals surface area contributed by atoms with E-state index in [9.17, 15) is 9.18 Å². The van der Waals surface area contributed by atoms with Gasteiger partial charge in [-0.05, 0) is 61.7 Å². The van der Waals surface area contributed by atoms with Gasteiger partial charge in [0.25, 0.3) is 0 Å². The van der Waals surface area contributed by atoms with E-state index in [-0.39, 0.29) is 17.6 Å². The number of ether oxygens (including phenoxy) is 1. The molecular weight excluding hydrogens is 397 g/mol. The van der Waals surface area contributed by atoms with Crippen LogP contribution in [0.25, 0.3) is 10.9 Å². The number of hydrogen-bond acceptors (Lipinski definition) is 5. The number of benzene rings is 1. The molecule has 0 unspecified atom stereocenters. The van der Waals surface area contributed by atoms with Gasteiger partial charge < -0.3 is 10.1 Å². The molecule has 0 aliphatic heterocycles. The van der Waals surface area contributed by atoms with Crippen molar-refractivity contribution in [2.45, 2.75) is 26.3 Å². The second kappa shape index (κ2) is 7.79. The number of aromatic nitrogens is 4. The van der Waals surface area contributed by atoms with Crippen LogP contribution in [0.3, 0.4) is 0 Å².